The lowest BCUT2D eigenvalue weighted by Gasteiger charge is -2.29. The van der Waals surface area contributed by atoms with Gasteiger partial charge in [-0.3, -0.25) is 0 Å². The van der Waals surface area contributed by atoms with Crippen molar-refractivity contribution in [1.82, 2.24) is 4.31 Å². The summed E-state index contributed by atoms with van der Waals surface area (Å²) in [6, 6.07) is 3.57. The van der Waals surface area contributed by atoms with Gasteiger partial charge in [0.25, 0.3) is 0 Å². The first-order chi connectivity index (χ1) is 9.32. The summed E-state index contributed by atoms with van der Waals surface area (Å²) in [4.78, 5) is 10.7. The number of aliphatic hydroxyl groups excluding tert-OH is 1. The smallest absolute Gasteiger partial charge is 0.335 e. The number of aliphatic hydroxyl groups is 1. The van der Waals surface area contributed by atoms with Gasteiger partial charge < -0.3 is 10.2 Å². The van der Waals surface area contributed by atoms with Gasteiger partial charge in [0.15, 0.2) is 0 Å². The van der Waals surface area contributed by atoms with Gasteiger partial charge in [0.05, 0.1) is 16.7 Å². The lowest BCUT2D eigenvalue weighted by molar-refractivity contribution is 0.0696. The van der Waals surface area contributed by atoms with Gasteiger partial charge in [-0.2, -0.15) is 4.31 Å². The van der Waals surface area contributed by atoms with Crippen LogP contribution in [0.25, 0.3) is 0 Å². The van der Waals surface area contributed by atoms with Crippen molar-refractivity contribution in [3.8, 4) is 0 Å². The van der Waals surface area contributed by atoms with Gasteiger partial charge >= 0.3 is 5.97 Å². The lowest BCUT2D eigenvalue weighted by Crippen LogP contribution is -2.40. The first kappa shape index (κ1) is 15.2. The van der Waals surface area contributed by atoms with Crippen LogP contribution in [0.2, 0.25) is 5.02 Å². The molecule has 1 saturated heterocycles. The zero-order chi connectivity index (χ0) is 14.9. The van der Waals surface area contributed by atoms with Gasteiger partial charge in [0.2, 0.25) is 10.0 Å². The van der Waals surface area contributed by atoms with Crippen LogP contribution in [0.1, 0.15) is 23.2 Å². The number of hydrogen-bond donors (Lipinski definition) is 2. The predicted octanol–water partition coefficient (Wildman–Crippen LogP) is 1.18. The second kappa shape index (κ2) is 5.69. The summed E-state index contributed by atoms with van der Waals surface area (Å²) in [5.74, 6) is -1.22. The molecule has 8 heteroatoms. The SMILES string of the molecule is O=C(O)c1ccc(Cl)c(S(=O)(=O)N2CCC(O)CC2)c1. The molecule has 0 saturated carbocycles. The van der Waals surface area contributed by atoms with Crippen LogP contribution in [0, 0.1) is 0 Å². The van der Waals surface area contributed by atoms with Crippen molar-refractivity contribution in [1.29, 1.82) is 0 Å². The number of aromatic carboxylic acids is 1. The Morgan fingerprint density at radius 3 is 2.45 bits per heavy atom. The molecule has 1 fully saturated rings. The number of hydrogen-bond acceptors (Lipinski definition) is 4. The normalized spacial score (nSPS) is 18.1. The third-order valence-corrected chi connectivity index (χ3v) is 5.60. The van der Waals surface area contributed by atoms with E-state index in [1.807, 2.05) is 0 Å². The second-order valence-corrected chi connectivity index (χ2v) is 6.90. The van der Waals surface area contributed by atoms with Crippen LogP contribution in [-0.4, -0.2) is 48.1 Å². The van der Waals surface area contributed by atoms with E-state index >= 15 is 0 Å². The fourth-order valence-corrected chi connectivity index (χ4v) is 4.03. The van der Waals surface area contributed by atoms with E-state index in [-0.39, 0.29) is 28.6 Å². The van der Waals surface area contributed by atoms with Crippen LogP contribution in [-0.2, 0) is 10.0 Å². The first-order valence-electron chi connectivity index (χ1n) is 6.03. The highest BCUT2D eigenvalue weighted by molar-refractivity contribution is 7.89. The summed E-state index contributed by atoms with van der Waals surface area (Å²) in [5, 5.41) is 18.3. The third-order valence-electron chi connectivity index (χ3n) is 3.22. The van der Waals surface area contributed by atoms with E-state index in [0.29, 0.717) is 12.8 Å². The third kappa shape index (κ3) is 2.95. The van der Waals surface area contributed by atoms with Crippen molar-refractivity contribution in [2.75, 3.05) is 13.1 Å². The molecule has 1 aromatic carbocycles. The number of benzene rings is 1. The van der Waals surface area contributed by atoms with E-state index in [4.69, 9.17) is 16.7 Å². The molecule has 2 N–H and O–H groups in total. The average molecular weight is 320 g/mol. The predicted molar refractivity (Wildman–Crippen MR) is 72.4 cm³/mol. The molecule has 1 heterocycles. The van der Waals surface area contributed by atoms with Gasteiger partial charge in [0, 0.05) is 13.1 Å². The van der Waals surface area contributed by atoms with Crippen molar-refractivity contribution in [3.63, 3.8) is 0 Å². The van der Waals surface area contributed by atoms with Crippen molar-refractivity contribution >= 4 is 27.6 Å². The van der Waals surface area contributed by atoms with Gasteiger partial charge in [-0.15, -0.1) is 0 Å². The quantitative estimate of drug-likeness (QED) is 0.872. The summed E-state index contributed by atoms with van der Waals surface area (Å²) >= 11 is 5.89. The van der Waals surface area contributed by atoms with Gasteiger partial charge in [0.1, 0.15) is 4.90 Å². The van der Waals surface area contributed by atoms with E-state index in [2.05, 4.69) is 0 Å². The maximum atomic E-state index is 12.5. The van der Waals surface area contributed by atoms with E-state index in [9.17, 15) is 18.3 Å². The number of sulfonamides is 1. The Morgan fingerprint density at radius 2 is 1.90 bits per heavy atom. The zero-order valence-corrected chi connectivity index (χ0v) is 12.1. The van der Waals surface area contributed by atoms with Crippen LogP contribution < -0.4 is 0 Å². The van der Waals surface area contributed by atoms with Crippen LogP contribution in [0.15, 0.2) is 23.1 Å². The highest BCUT2D eigenvalue weighted by Gasteiger charge is 2.30. The first-order valence-corrected chi connectivity index (χ1v) is 7.85. The lowest BCUT2D eigenvalue weighted by atomic mass is 10.1. The molecule has 1 aliphatic rings. The average Bonchev–Trinajstić information content (AvgIpc) is 2.39. The summed E-state index contributed by atoms with van der Waals surface area (Å²) in [6.45, 7) is 0.383. The Bertz CT molecular complexity index is 623. The molecule has 0 bridgehead atoms. The Morgan fingerprint density at radius 1 is 1.30 bits per heavy atom. The molecule has 0 unspecified atom stereocenters. The maximum absolute atomic E-state index is 12.5. The fraction of sp³-hybridized carbons (Fsp3) is 0.417. The number of nitrogens with zero attached hydrogens (tertiary/aromatic N) is 1. The molecule has 2 rings (SSSR count). The van der Waals surface area contributed by atoms with E-state index in [0.717, 1.165) is 6.07 Å². The van der Waals surface area contributed by atoms with Crippen LogP contribution >= 0.6 is 11.6 Å². The molecule has 1 aliphatic heterocycles. The highest BCUT2D eigenvalue weighted by atomic mass is 35.5. The summed E-state index contributed by atoms with van der Waals surface area (Å²) in [5.41, 5.74) is -0.134. The molecule has 1 aromatic rings. The van der Waals surface area contributed by atoms with Crippen molar-refractivity contribution < 1.29 is 23.4 Å². The standard InChI is InChI=1S/C12H14ClNO5S/c13-10-2-1-8(12(16)17)7-11(10)20(18,19)14-5-3-9(15)4-6-14/h1-2,7,9,15H,3-6H2,(H,16,17). The number of carbonyl (C=O) groups is 1. The van der Waals surface area contributed by atoms with Crippen molar-refractivity contribution in [3.05, 3.63) is 28.8 Å². The Hall–Kier alpha value is -1.15. The molecule has 0 aliphatic carbocycles. The van der Waals surface area contributed by atoms with Gasteiger partial charge in [-0.25, -0.2) is 13.2 Å². The zero-order valence-electron chi connectivity index (χ0n) is 10.5. The summed E-state index contributed by atoms with van der Waals surface area (Å²) < 4.78 is 26.1. The maximum Gasteiger partial charge on any atom is 0.335 e. The van der Waals surface area contributed by atoms with Crippen molar-refractivity contribution in [2.24, 2.45) is 0 Å². The van der Waals surface area contributed by atoms with Crippen LogP contribution in [0.4, 0.5) is 0 Å². The molecule has 0 radical (unpaired) electrons. The summed E-state index contributed by atoms with van der Waals surface area (Å²) in [7, 11) is -3.85. The molecular weight excluding hydrogens is 306 g/mol. The van der Waals surface area contributed by atoms with Gasteiger partial charge in [-0.05, 0) is 31.0 Å². The minimum absolute atomic E-state index is 0.0129. The number of carboxylic acid groups (broad SMARTS) is 1. The fourth-order valence-electron chi connectivity index (χ4n) is 2.06. The molecule has 0 aromatic heterocycles. The number of halogens is 1. The molecule has 0 amide bonds. The molecule has 20 heavy (non-hydrogen) atoms. The van der Waals surface area contributed by atoms with Gasteiger partial charge in [-0.1, -0.05) is 11.6 Å². The van der Waals surface area contributed by atoms with E-state index < -0.39 is 22.1 Å². The molecule has 0 spiro atoms. The second-order valence-electron chi connectivity index (χ2n) is 4.59. The van der Waals surface area contributed by atoms with Crippen molar-refractivity contribution in [2.45, 2.75) is 23.8 Å². The largest absolute Gasteiger partial charge is 0.478 e. The number of carboxylic acids is 1. The molecule has 6 nitrogen and oxygen atoms in total. The Balaban J connectivity index is 2.38. The van der Waals surface area contributed by atoms with E-state index in [1.165, 1.54) is 16.4 Å². The number of rotatable bonds is 3. The topological polar surface area (TPSA) is 94.9 Å². The summed E-state index contributed by atoms with van der Waals surface area (Å²) in [6.07, 6.45) is 0.215. The number of piperidine rings is 1. The molecule has 0 atom stereocenters. The minimum atomic E-state index is -3.85. The Kier molecular flexibility index (Phi) is 4.33. The Labute approximate surface area is 121 Å². The molecular formula is C12H14ClNO5S. The minimum Gasteiger partial charge on any atom is -0.478 e. The monoisotopic (exact) mass is 319 g/mol. The van der Waals surface area contributed by atoms with Crippen LogP contribution in [0.5, 0.6) is 0 Å². The van der Waals surface area contributed by atoms with E-state index in [1.54, 1.807) is 0 Å². The highest BCUT2D eigenvalue weighted by Crippen LogP contribution is 2.27. The molecule has 110 valence electrons. The van der Waals surface area contributed by atoms with Crippen LogP contribution in [0.3, 0.4) is 0 Å².